The number of hydrogen-bond donors (Lipinski definition) is 1. The molecule has 0 radical (unpaired) electrons. The highest BCUT2D eigenvalue weighted by Crippen LogP contribution is 2.38. The van der Waals surface area contributed by atoms with Gasteiger partial charge in [0.15, 0.2) is 6.61 Å². The molecular weight excluding hydrogens is 391 g/mol. The van der Waals surface area contributed by atoms with Crippen LogP contribution < -0.4 is 15.6 Å². The minimum absolute atomic E-state index is 0.145. The van der Waals surface area contributed by atoms with Crippen LogP contribution in [0.1, 0.15) is 29.2 Å². The molecule has 0 atom stereocenters. The Morgan fingerprint density at radius 2 is 1.93 bits per heavy atom. The molecule has 1 aromatic carbocycles. The first kappa shape index (κ1) is 20.3. The molecule has 1 amide bonds. The topological polar surface area (TPSA) is 83.9 Å². The number of esters is 1. The summed E-state index contributed by atoms with van der Waals surface area (Å²) in [6.07, 6.45) is 3.34. The summed E-state index contributed by atoms with van der Waals surface area (Å²) >= 11 is 0. The first-order chi connectivity index (χ1) is 14.4. The molecule has 2 aromatic rings. The third-order valence-electron chi connectivity index (χ3n) is 5.54. The van der Waals surface area contributed by atoms with Crippen LogP contribution in [-0.4, -0.2) is 68.2 Å². The Bertz CT molecular complexity index is 1060. The van der Waals surface area contributed by atoms with E-state index in [2.05, 4.69) is 5.32 Å². The van der Waals surface area contributed by atoms with Crippen LogP contribution in [0.3, 0.4) is 0 Å². The summed E-state index contributed by atoms with van der Waals surface area (Å²) < 4.78 is 21.8. The van der Waals surface area contributed by atoms with Crippen LogP contribution in [0.2, 0.25) is 0 Å². The third-order valence-corrected chi connectivity index (χ3v) is 5.54. The van der Waals surface area contributed by atoms with Gasteiger partial charge in [0.05, 0.1) is 11.2 Å². The van der Waals surface area contributed by atoms with Crippen molar-refractivity contribution in [2.75, 3.05) is 51.8 Å². The monoisotopic (exact) mass is 416 g/mol. The largest absolute Gasteiger partial charge is 0.452 e. The van der Waals surface area contributed by atoms with Crippen molar-refractivity contribution in [3.63, 3.8) is 0 Å². The Hall–Kier alpha value is -2.94. The summed E-state index contributed by atoms with van der Waals surface area (Å²) in [5.41, 5.74) is 0.299. The maximum atomic E-state index is 14.9. The zero-order chi connectivity index (χ0) is 21.4. The quantitative estimate of drug-likeness (QED) is 0.736. The molecule has 2 heterocycles. The van der Waals surface area contributed by atoms with Crippen molar-refractivity contribution in [1.29, 1.82) is 0 Å². The average Bonchev–Trinajstić information content (AvgIpc) is 3.58. The number of rotatable bonds is 5. The van der Waals surface area contributed by atoms with Crippen LogP contribution in [0.5, 0.6) is 0 Å². The van der Waals surface area contributed by atoms with E-state index in [0.29, 0.717) is 24.3 Å². The molecule has 2 aliphatic rings. The van der Waals surface area contributed by atoms with Gasteiger partial charge in [0.25, 0.3) is 5.91 Å². The number of pyridine rings is 1. The van der Waals surface area contributed by atoms with E-state index in [1.807, 2.05) is 9.47 Å². The molecule has 160 valence electrons. The van der Waals surface area contributed by atoms with Gasteiger partial charge in [-0.05, 0) is 25.0 Å². The zero-order valence-electron chi connectivity index (χ0n) is 17.1. The lowest BCUT2D eigenvalue weighted by atomic mass is 10.1. The van der Waals surface area contributed by atoms with Crippen molar-refractivity contribution in [3.8, 4) is 0 Å². The van der Waals surface area contributed by atoms with E-state index in [1.165, 1.54) is 17.2 Å². The number of carbonyl (C=O) groups is 2. The van der Waals surface area contributed by atoms with Gasteiger partial charge in [-0.25, -0.2) is 9.18 Å². The van der Waals surface area contributed by atoms with Gasteiger partial charge in [-0.3, -0.25) is 9.59 Å². The van der Waals surface area contributed by atoms with Crippen molar-refractivity contribution < 1.29 is 18.7 Å². The second kappa shape index (κ2) is 8.06. The van der Waals surface area contributed by atoms with Gasteiger partial charge in [0.1, 0.15) is 11.4 Å². The van der Waals surface area contributed by atoms with Crippen LogP contribution in [0, 0.1) is 5.82 Å². The number of benzene rings is 1. The average molecular weight is 416 g/mol. The molecule has 0 spiro atoms. The van der Waals surface area contributed by atoms with Crippen molar-refractivity contribution in [2.24, 2.45) is 0 Å². The van der Waals surface area contributed by atoms with E-state index in [0.717, 1.165) is 25.9 Å². The number of hydrogen-bond acceptors (Lipinski definition) is 6. The van der Waals surface area contributed by atoms with Crippen molar-refractivity contribution in [1.82, 2.24) is 14.8 Å². The standard InChI is InChI=1S/C21H25FN4O4/c1-24(2)19(27)12-30-21(29)15-11-26(13-3-4-13)17-10-18(25-7-5-23-6-8-25)16(22)9-14(17)20(15)28/h9-11,13,23H,3-8,12H2,1-2H3. The van der Waals surface area contributed by atoms with E-state index in [-0.39, 0.29) is 17.0 Å². The Morgan fingerprint density at radius 3 is 2.57 bits per heavy atom. The molecule has 1 aliphatic heterocycles. The lowest BCUT2D eigenvalue weighted by Crippen LogP contribution is -2.43. The Balaban J connectivity index is 1.75. The Kier molecular flexibility index (Phi) is 5.46. The molecule has 30 heavy (non-hydrogen) atoms. The van der Waals surface area contributed by atoms with Gasteiger partial charge in [-0.2, -0.15) is 0 Å². The molecule has 1 aromatic heterocycles. The summed E-state index contributed by atoms with van der Waals surface area (Å²) in [6.45, 7) is 2.44. The lowest BCUT2D eigenvalue weighted by Gasteiger charge is -2.30. The molecule has 1 saturated heterocycles. The molecule has 1 aliphatic carbocycles. The summed E-state index contributed by atoms with van der Waals surface area (Å²) in [7, 11) is 3.09. The van der Waals surface area contributed by atoms with Crippen LogP contribution in [0.25, 0.3) is 10.9 Å². The van der Waals surface area contributed by atoms with Gasteiger partial charge in [-0.1, -0.05) is 0 Å². The van der Waals surface area contributed by atoms with E-state index >= 15 is 0 Å². The fraction of sp³-hybridized carbons (Fsp3) is 0.476. The Labute approximate surface area is 173 Å². The number of halogens is 1. The maximum Gasteiger partial charge on any atom is 0.344 e. The fourth-order valence-corrected chi connectivity index (χ4v) is 3.64. The first-order valence-electron chi connectivity index (χ1n) is 10.1. The molecular formula is C21H25FN4O4. The summed E-state index contributed by atoms with van der Waals surface area (Å²) in [5, 5.41) is 3.38. The number of piperazine rings is 1. The minimum Gasteiger partial charge on any atom is -0.452 e. The normalized spacial score (nSPS) is 16.6. The van der Waals surface area contributed by atoms with Gasteiger partial charge in [0, 0.05) is 57.9 Å². The van der Waals surface area contributed by atoms with Crippen molar-refractivity contribution in [2.45, 2.75) is 18.9 Å². The molecule has 4 rings (SSSR count). The summed E-state index contributed by atoms with van der Waals surface area (Å²) in [4.78, 5) is 40.5. The number of aromatic nitrogens is 1. The highest BCUT2D eigenvalue weighted by atomic mass is 19.1. The lowest BCUT2D eigenvalue weighted by molar-refractivity contribution is -0.131. The van der Waals surface area contributed by atoms with E-state index < -0.39 is 29.7 Å². The minimum atomic E-state index is -0.877. The highest BCUT2D eigenvalue weighted by molar-refractivity contribution is 5.95. The fourth-order valence-electron chi connectivity index (χ4n) is 3.64. The molecule has 0 bridgehead atoms. The number of nitrogens with one attached hydrogen (secondary N) is 1. The number of ether oxygens (including phenoxy) is 1. The number of anilines is 1. The molecule has 8 nitrogen and oxygen atoms in total. The predicted octanol–water partition coefficient (Wildman–Crippen LogP) is 1.13. The smallest absolute Gasteiger partial charge is 0.344 e. The Morgan fingerprint density at radius 1 is 1.23 bits per heavy atom. The van der Waals surface area contributed by atoms with E-state index in [4.69, 9.17) is 4.74 Å². The number of amides is 1. The van der Waals surface area contributed by atoms with E-state index in [1.54, 1.807) is 20.2 Å². The number of nitrogens with zero attached hydrogens (tertiary/aromatic N) is 3. The zero-order valence-corrected chi connectivity index (χ0v) is 17.1. The number of fused-ring (bicyclic) bond motifs is 1. The van der Waals surface area contributed by atoms with Crippen LogP contribution in [0.4, 0.5) is 10.1 Å². The van der Waals surface area contributed by atoms with Gasteiger partial charge >= 0.3 is 5.97 Å². The molecule has 1 N–H and O–H groups in total. The second-order valence-corrected chi connectivity index (χ2v) is 7.93. The highest BCUT2D eigenvalue weighted by Gasteiger charge is 2.28. The number of likely N-dealkylation sites (N-methyl/N-ethyl adjacent to an activating group) is 1. The molecule has 9 heteroatoms. The molecule has 2 fully saturated rings. The van der Waals surface area contributed by atoms with Crippen LogP contribution >= 0.6 is 0 Å². The summed E-state index contributed by atoms with van der Waals surface area (Å²) in [5.74, 6) is -1.76. The van der Waals surface area contributed by atoms with Crippen LogP contribution in [-0.2, 0) is 9.53 Å². The van der Waals surface area contributed by atoms with Crippen LogP contribution in [0.15, 0.2) is 23.1 Å². The second-order valence-electron chi connectivity index (χ2n) is 7.93. The molecule has 1 saturated carbocycles. The van der Waals surface area contributed by atoms with Crippen molar-refractivity contribution in [3.05, 3.63) is 39.9 Å². The van der Waals surface area contributed by atoms with Crippen molar-refractivity contribution >= 4 is 28.5 Å². The summed E-state index contributed by atoms with van der Waals surface area (Å²) in [6, 6.07) is 3.08. The van der Waals surface area contributed by atoms with Gasteiger partial charge in [-0.15, -0.1) is 0 Å². The predicted molar refractivity (Wildman–Crippen MR) is 110 cm³/mol. The SMILES string of the molecule is CN(C)C(=O)COC(=O)c1cn(C2CC2)c2cc(N3CCNCC3)c(F)cc2c1=O. The van der Waals surface area contributed by atoms with Gasteiger partial charge < -0.3 is 24.4 Å². The van der Waals surface area contributed by atoms with E-state index in [9.17, 15) is 18.8 Å². The number of carbonyl (C=O) groups excluding carboxylic acids is 2. The maximum absolute atomic E-state index is 14.9. The molecule has 0 unspecified atom stereocenters. The van der Waals surface area contributed by atoms with Gasteiger partial charge in [0.2, 0.25) is 5.43 Å². The first-order valence-corrected chi connectivity index (χ1v) is 10.1. The third kappa shape index (κ3) is 3.89.